The van der Waals surface area contributed by atoms with Crippen molar-refractivity contribution in [3.63, 3.8) is 0 Å². The van der Waals surface area contributed by atoms with Crippen LogP contribution in [0, 0.1) is 0 Å². The number of fused-ring (bicyclic) bond motifs is 1. The fourth-order valence-electron chi connectivity index (χ4n) is 2.18. The predicted molar refractivity (Wildman–Crippen MR) is 72.9 cm³/mol. The van der Waals surface area contributed by atoms with Crippen LogP contribution < -0.4 is 4.74 Å². The number of aromatic nitrogens is 1. The first kappa shape index (κ1) is 14.5. The maximum Gasteiger partial charge on any atom is 0.305 e. The van der Waals surface area contributed by atoms with Gasteiger partial charge in [0, 0.05) is 24.5 Å². The number of rotatable bonds is 6. The van der Waals surface area contributed by atoms with Crippen LogP contribution in [0.15, 0.2) is 12.1 Å². The van der Waals surface area contributed by atoms with Gasteiger partial charge >= 0.3 is 5.97 Å². The van der Waals surface area contributed by atoms with Gasteiger partial charge in [0.2, 0.25) is 5.88 Å². The molecule has 1 aromatic rings. The van der Waals surface area contributed by atoms with Gasteiger partial charge in [0.15, 0.2) is 5.78 Å². The molecule has 0 aromatic carbocycles. The van der Waals surface area contributed by atoms with Crippen molar-refractivity contribution in [2.45, 2.75) is 39.0 Å². The second-order valence-electron chi connectivity index (χ2n) is 4.68. The van der Waals surface area contributed by atoms with E-state index in [1.165, 1.54) is 0 Å². The lowest BCUT2D eigenvalue weighted by atomic mass is 9.95. The molecule has 2 rings (SSSR count). The summed E-state index contributed by atoms with van der Waals surface area (Å²) in [6.07, 6.45) is 3.22. The molecular weight excluding hydrogens is 258 g/mol. The van der Waals surface area contributed by atoms with E-state index in [-0.39, 0.29) is 11.8 Å². The molecule has 1 aromatic heterocycles. The number of carbonyl (C=O) groups is 2. The first-order valence-electron chi connectivity index (χ1n) is 7.02. The van der Waals surface area contributed by atoms with Crippen LogP contribution in [0.5, 0.6) is 5.88 Å². The van der Waals surface area contributed by atoms with E-state index in [1.807, 2.05) is 0 Å². The summed E-state index contributed by atoms with van der Waals surface area (Å²) in [5.41, 5.74) is 1.54. The van der Waals surface area contributed by atoms with E-state index >= 15 is 0 Å². The third kappa shape index (κ3) is 3.79. The van der Waals surface area contributed by atoms with Gasteiger partial charge in [0.25, 0.3) is 0 Å². The van der Waals surface area contributed by atoms with E-state index in [0.717, 1.165) is 24.1 Å². The number of aryl methyl sites for hydroxylation is 1. The van der Waals surface area contributed by atoms with E-state index < -0.39 is 0 Å². The maximum absolute atomic E-state index is 11.7. The maximum atomic E-state index is 11.7. The molecule has 5 heteroatoms. The second kappa shape index (κ2) is 7.03. The topological polar surface area (TPSA) is 65.5 Å². The van der Waals surface area contributed by atoms with E-state index in [4.69, 9.17) is 9.47 Å². The third-order valence-corrected chi connectivity index (χ3v) is 3.15. The monoisotopic (exact) mass is 277 g/mol. The highest BCUT2D eigenvalue weighted by Crippen LogP contribution is 2.22. The number of ether oxygens (including phenoxy) is 2. The number of hydrogen-bond acceptors (Lipinski definition) is 5. The minimum absolute atomic E-state index is 0.160. The summed E-state index contributed by atoms with van der Waals surface area (Å²) in [7, 11) is 0. The van der Waals surface area contributed by atoms with E-state index in [0.29, 0.717) is 38.4 Å². The predicted octanol–water partition coefficient (Wildman–Crippen LogP) is 2.32. The largest absolute Gasteiger partial charge is 0.478 e. The lowest BCUT2D eigenvalue weighted by molar-refractivity contribution is -0.143. The molecule has 20 heavy (non-hydrogen) atoms. The molecule has 5 nitrogen and oxygen atoms in total. The molecule has 0 atom stereocenters. The fraction of sp³-hybridized carbons (Fsp3) is 0.533. The van der Waals surface area contributed by atoms with Crippen LogP contribution in [0.25, 0.3) is 0 Å². The van der Waals surface area contributed by atoms with Gasteiger partial charge in [-0.15, -0.1) is 0 Å². The molecule has 0 fully saturated rings. The van der Waals surface area contributed by atoms with Gasteiger partial charge in [-0.1, -0.05) is 0 Å². The fourth-order valence-corrected chi connectivity index (χ4v) is 2.18. The highest BCUT2D eigenvalue weighted by Gasteiger charge is 2.18. The molecule has 0 bridgehead atoms. The van der Waals surface area contributed by atoms with Crippen LogP contribution >= 0.6 is 0 Å². The Bertz CT molecular complexity index is 499. The summed E-state index contributed by atoms with van der Waals surface area (Å²) in [5, 5.41) is 0. The second-order valence-corrected chi connectivity index (χ2v) is 4.68. The van der Waals surface area contributed by atoms with Crippen LogP contribution in [0.3, 0.4) is 0 Å². The lowest BCUT2D eigenvalue weighted by Gasteiger charge is -2.14. The molecule has 0 radical (unpaired) electrons. The Balaban J connectivity index is 1.82. The average Bonchev–Trinajstić information content (AvgIpc) is 2.44. The minimum atomic E-state index is -0.208. The Kier molecular flexibility index (Phi) is 5.09. The highest BCUT2D eigenvalue weighted by atomic mass is 16.5. The molecule has 0 N–H and O–H groups in total. The number of ketones is 1. The molecule has 0 spiro atoms. The smallest absolute Gasteiger partial charge is 0.305 e. The first-order chi connectivity index (χ1) is 9.70. The van der Waals surface area contributed by atoms with Gasteiger partial charge in [-0.25, -0.2) is 4.98 Å². The van der Waals surface area contributed by atoms with E-state index in [2.05, 4.69) is 4.98 Å². The van der Waals surface area contributed by atoms with Gasteiger partial charge in [0.05, 0.1) is 18.9 Å². The molecule has 0 unspecified atom stereocenters. The molecule has 1 heterocycles. The quantitative estimate of drug-likeness (QED) is 0.589. The zero-order valence-electron chi connectivity index (χ0n) is 11.7. The number of carbonyl (C=O) groups excluding carboxylic acids is 2. The number of hydrogen-bond donors (Lipinski definition) is 0. The van der Waals surface area contributed by atoms with E-state index in [9.17, 15) is 9.59 Å². The van der Waals surface area contributed by atoms with Gasteiger partial charge in [-0.3, -0.25) is 9.59 Å². The van der Waals surface area contributed by atoms with Crippen molar-refractivity contribution in [2.75, 3.05) is 13.2 Å². The van der Waals surface area contributed by atoms with E-state index in [1.54, 1.807) is 19.1 Å². The number of pyridine rings is 1. The molecule has 0 amide bonds. The molecule has 0 aliphatic heterocycles. The number of Topliss-reactive ketones (excluding diaryl/α,β-unsaturated/α-hetero) is 1. The van der Waals surface area contributed by atoms with Crippen molar-refractivity contribution in [1.82, 2.24) is 4.98 Å². The van der Waals surface area contributed by atoms with Crippen LogP contribution in [0.1, 0.15) is 48.7 Å². The Morgan fingerprint density at radius 2 is 2.20 bits per heavy atom. The zero-order valence-corrected chi connectivity index (χ0v) is 11.7. The van der Waals surface area contributed by atoms with Crippen molar-refractivity contribution in [1.29, 1.82) is 0 Å². The Labute approximate surface area is 118 Å². The van der Waals surface area contributed by atoms with Crippen molar-refractivity contribution in [3.8, 4) is 5.88 Å². The zero-order chi connectivity index (χ0) is 14.4. The summed E-state index contributed by atoms with van der Waals surface area (Å²) in [6.45, 7) is 2.60. The van der Waals surface area contributed by atoms with Crippen LogP contribution in [0.4, 0.5) is 0 Å². The first-order valence-corrected chi connectivity index (χ1v) is 7.02. The standard InChI is InChI=1S/C15H19NO4/c1-2-19-15(18)7-4-10-20-14-9-8-11-12(16-14)5-3-6-13(11)17/h8-9H,2-7,10H2,1H3. The normalized spacial score (nSPS) is 13.8. The van der Waals surface area contributed by atoms with Gasteiger partial charge in [-0.05, 0) is 32.3 Å². The Hall–Kier alpha value is -1.91. The number of esters is 1. The molecule has 0 saturated heterocycles. The average molecular weight is 277 g/mol. The molecule has 1 aliphatic rings. The molecule has 108 valence electrons. The summed E-state index contributed by atoms with van der Waals surface area (Å²) < 4.78 is 10.3. The van der Waals surface area contributed by atoms with Gasteiger partial charge in [0.1, 0.15) is 0 Å². The van der Waals surface area contributed by atoms with Crippen LogP contribution in [-0.2, 0) is 16.0 Å². The molecule has 0 saturated carbocycles. The summed E-state index contributed by atoms with van der Waals surface area (Å²) >= 11 is 0. The van der Waals surface area contributed by atoms with Gasteiger partial charge in [-0.2, -0.15) is 0 Å². The van der Waals surface area contributed by atoms with Crippen molar-refractivity contribution < 1.29 is 19.1 Å². The van der Waals surface area contributed by atoms with Crippen molar-refractivity contribution >= 4 is 11.8 Å². The minimum Gasteiger partial charge on any atom is -0.478 e. The van der Waals surface area contributed by atoms with Crippen LogP contribution in [0.2, 0.25) is 0 Å². The van der Waals surface area contributed by atoms with Crippen LogP contribution in [-0.4, -0.2) is 30.0 Å². The Morgan fingerprint density at radius 3 is 3.00 bits per heavy atom. The van der Waals surface area contributed by atoms with Crippen molar-refractivity contribution in [2.24, 2.45) is 0 Å². The summed E-state index contributed by atoms with van der Waals surface area (Å²) in [4.78, 5) is 27.2. The number of nitrogens with zero attached hydrogens (tertiary/aromatic N) is 1. The Morgan fingerprint density at radius 1 is 1.35 bits per heavy atom. The third-order valence-electron chi connectivity index (χ3n) is 3.15. The molecule has 1 aliphatic carbocycles. The summed E-state index contributed by atoms with van der Waals surface area (Å²) in [5.74, 6) is 0.468. The highest BCUT2D eigenvalue weighted by molar-refractivity contribution is 5.98. The van der Waals surface area contributed by atoms with Gasteiger partial charge < -0.3 is 9.47 Å². The lowest BCUT2D eigenvalue weighted by Crippen LogP contribution is -2.13. The van der Waals surface area contributed by atoms with Crippen molar-refractivity contribution in [3.05, 3.63) is 23.4 Å². The molecular formula is C15H19NO4. The SMILES string of the molecule is CCOC(=O)CCCOc1ccc2c(n1)CCCC2=O. The summed E-state index contributed by atoms with van der Waals surface area (Å²) in [6, 6.07) is 3.50.